The molecular weight excluding hydrogens is 246 g/mol. The van der Waals surface area contributed by atoms with Gasteiger partial charge in [0.2, 0.25) is 0 Å². The second-order valence-electron chi connectivity index (χ2n) is 4.80. The Kier molecular flexibility index (Phi) is 4.75. The van der Waals surface area contributed by atoms with E-state index in [1.807, 2.05) is 13.8 Å². The van der Waals surface area contributed by atoms with E-state index in [1.54, 1.807) is 19.9 Å². The highest BCUT2D eigenvalue weighted by Crippen LogP contribution is 2.26. The molecule has 0 spiro atoms. The number of rotatable bonds is 6. The number of hydrogen-bond donors (Lipinski definition) is 2. The predicted molar refractivity (Wildman–Crippen MR) is 71.2 cm³/mol. The Morgan fingerprint density at radius 1 is 1.32 bits per heavy atom. The summed E-state index contributed by atoms with van der Waals surface area (Å²) in [6, 6.07) is 1.66. The highest BCUT2D eigenvalue weighted by atomic mass is 16.4. The summed E-state index contributed by atoms with van der Waals surface area (Å²) in [5.41, 5.74) is -0.438. The van der Waals surface area contributed by atoms with Gasteiger partial charge in [0.25, 0.3) is 5.91 Å². The molecule has 0 saturated heterocycles. The Morgan fingerprint density at radius 3 is 2.26 bits per heavy atom. The Morgan fingerprint density at radius 2 is 1.89 bits per heavy atom. The lowest BCUT2D eigenvalue weighted by molar-refractivity contribution is -0.149. The Hall–Kier alpha value is -1.78. The number of carboxylic acid groups (broad SMARTS) is 1. The van der Waals surface area contributed by atoms with E-state index in [-0.39, 0.29) is 12.5 Å². The minimum absolute atomic E-state index is 0.123. The zero-order valence-corrected chi connectivity index (χ0v) is 11.9. The van der Waals surface area contributed by atoms with E-state index < -0.39 is 11.4 Å². The van der Waals surface area contributed by atoms with Gasteiger partial charge < -0.3 is 14.8 Å². The molecule has 1 rings (SSSR count). The first-order valence-electron chi connectivity index (χ1n) is 6.45. The fourth-order valence-electron chi connectivity index (χ4n) is 2.08. The average Bonchev–Trinajstić information content (AvgIpc) is 2.69. The number of carboxylic acids is 1. The molecular formula is C14H21NO4. The van der Waals surface area contributed by atoms with Crippen molar-refractivity contribution < 1.29 is 19.1 Å². The Balaban J connectivity index is 2.78. The lowest BCUT2D eigenvalue weighted by Crippen LogP contribution is -2.42. The topological polar surface area (TPSA) is 79.5 Å². The molecule has 0 saturated carbocycles. The summed E-state index contributed by atoms with van der Waals surface area (Å²) in [5.74, 6) is 0.0434. The highest BCUT2D eigenvalue weighted by molar-refractivity contribution is 5.95. The molecule has 0 bridgehead atoms. The predicted octanol–water partition coefficient (Wildman–Crippen LogP) is 2.52. The molecule has 1 aromatic rings. The van der Waals surface area contributed by atoms with Crippen LogP contribution in [0.4, 0.5) is 0 Å². The highest BCUT2D eigenvalue weighted by Gasteiger charge is 2.35. The zero-order chi connectivity index (χ0) is 14.6. The maximum atomic E-state index is 12.0. The van der Waals surface area contributed by atoms with Crippen molar-refractivity contribution in [3.05, 3.63) is 23.2 Å². The molecule has 0 aliphatic carbocycles. The summed E-state index contributed by atoms with van der Waals surface area (Å²) in [4.78, 5) is 23.3. The number of carbonyl (C=O) groups is 2. The van der Waals surface area contributed by atoms with Crippen LogP contribution in [-0.4, -0.2) is 23.5 Å². The van der Waals surface area contributed by atoms with Gasteiger partial charge in [0.1, 0.15) is 11.5 Å². The second kappa shape index (κ2) is 5.91. The summed E-state index contributed by atoms with van der Waals surface area (Å²) in [6.45, 7) is 7.24. The molecule has 106 valence electrons. The van der Waals surface area contributed by atoms with Crippen molar-refractivity contribution in [2.45, 2.75) is 40.5 Å². The molecule has 0 fully saturated rings. The number of amides is 1. The van der Waals surface area contributed by atoms with Crippen LogP contribution in [0.25, 0.3) is 0 Å². The van der Waals surface area contributed by atoms with Crippen LogP contribution >= 0.6 is 0 Å². The van der Waals surface area contributed by atoms with Gasteiger partial charge in [-0.05, 0) is 32.8 Å². The molecule has 1 aromatic heterocycles. The van der Waals surface area contributed by atoms with E-state index in [9.17, 15) is 14.7 Å². The zero-order valence-electron chi connectivity index (χ0n) is 11.9. The van der Waals surface area contributed by atoms with Crippen LogP contribution in [0.5, 0.6) is 0 Å². The standard InChI is InChI=1S/C14H21NO4/c1-5-14(6-2,13(17)18)8-15-12(16)11-7-9(3)19-10(11)4/h7H,5-6,8H2,1-4H3,(H,15,16)(H,17,18). The molecule has 1 amide bonds. The van der Waals surface area contributed by atoms with Crippen LogP contribution in [0, 0.1) is 19.3 Å². The lowest BCUT2D eigenvalue weighted by atomic mass is 9.82. The van der Waals surface area contributed by atoms with Gasteiger partial charge in [-0.15, -0.1) is 0 Å². The average molecular weight is 267 g/mol. The van der Waals surface area contributed by atoms with Gasteiger partial charge in [0.05, 0.1) is 11.0 Å². The molecule has 0 aliphatic heterocycles. The van der Waals surface area contributed by atoms with E-state index in [4.69, 9.17) is 4.42 Å². The van der Waals surface area contributed by atoms with Gasteiger partial charge in [-0.1, -0.05) is 13.8 Å². The number of aryl methyl sites for hydroxylation is 2. The molecule has 5 nitrogen and oxygen atoms in total. The van der Waals surface area contributed by atoms with Crippen LogP contribution in [0.15, 0.2) is 10.5 Å². The summed E-state index contributed by atoms with van der Waals surface area (Å²) in [7, 11) is 0. The minimum Gasteiger partial charge on any atom is -0.481 e. The van der Waals surface area contributed by atoms with E-state index >= 15 is 0 Å². The molecule has 0 atom stereocenters. The third kappa shape index (κ3) is 3.16. The fourth-order valence-corrected chi connectivity index (χ4v) is 2.08. The molecule has 0 aliphatic rings. The van der Waals surface area contributed by atoms with Crippen molar-refractivity contribution >= 4 is 11.9 Å². The van der Waals surface area contributed by atoms with E-state index in [1.165, 1.54) is 0 Å². The Labute approximate surface area is 113 Å². The van der Waals surface area contributed by atoms with Crippen molar-refractivity contribution in [1.82, 2.24) is 5.32 Å². The first-order chi connectivity index (χ1) is 8.86. The molecule has 0 unspecified atom stereocenters. The van der Waals surface area contributed by atoms with E-state index in [2.05, 4.69) is 5.32 Å². The smallest absolute Gasteiger partial charge is 0.311 e. The van der Waals surface area contributed by atoms with Crippen molar-refractivity contribution in [1.29, 1.82) is 0 Å². The minimum atomic E-state index is -0.900. The summed E-state index contributed by atoms with van der Waals surface area (Å²) < 4.78 is 5.29. The SMILES string of the molecule is CCC(CC)(CNC(=O)c1cc(C)oc1C)C(=O)O. The van der Waals surface area contributed by atoms with Gasteiger partial charge in [-0.3, -0.25) is 9.59 Å². The van der Waals surface area contributed by atoms with Crippen molar-refractivity contribution in [2.75, 3.05) is 6.54 Å². The molecule has 0 radical (unpaired) electrons. The number of furan rings is 1. The van der Waals surface area contributed by atoms with E-state index in [0.29, 0.717) is 29.9 Å². The van der Waals surface area contributed by atoms with Crippen molar-refractivity contribution in [3.8, 4) is 0 Å². The first kappa shape index (κ1) is 15.3. The lowest BCUT2D eigenvalue weighted by Gasteiger charge is -2.26. The molecule has 1 heterocycles. The number of nitrogens with one attached hydrogen (secondary N) is 1. The monoisotopic (exact) mass is 267 g/mol. The summed E-state index contributed by atoms with van der Waals surface area (Å²) in [6.07, 6.45) is 0.949. The summed E-state index contributed by atoms with van der Waals surface area (Å²) in [5, 5.41) is 12.0. The molecule has 2 N–H and O–H groups in total. The van der Waals surface area contributed by atoms with Gasteiger partial charge >= 0.3 is 5.97 Å². The number of carbonyl (C=O) groups excluding carboxylic acids is 1. The van der Waals surface area contributed by atoms with Gasteiger partial charge in [0, 0.05) is 6.54 Å². The first-order valence-corrected chi connectivity index (χ1v) is 6.45. The van der Waals surface area contributed by atoms with Gasteiger partial charge in [-0.25, -0.2) is 0 Å². The maximum absolute atomic E-state index is 12.0. The maximum Gasteiger partial charge on any atom is 0.311 e. The molecule has 19 heavy (non-hydrogen) atoms. The summed E-state index contributed by atoms with van der Waals surface area (Å²) >= 11 is 0. The van der Waals surface area contributed by atoms with Crippen LogP contribution in [0.1, 0.15) is 48.6 Å². The quantitative estimate of drug-likeness (QED) is 0.830. The van der Waals surface area contributed by atoms with E-state index in [0.717, 1.165) is 0 Å². The normalized spacial score (nSPS) is 11.4. The number of hydrogen-bond acceptors (Lipinski definition) is 3. The third-order valence-electron chi connectivity index (χ3n) is 3.68. The van der Waals surface area contributed by atoms with Crippen LogP contribution in [0.2, 0.25) is 0 Å². The Bertz CT molecular complexity index is 472. The van der Waals surface area contributed by atoms with Crippen molar-refractivity contribution in [2.24, 2.45) is 5.41 Å². The number of aliphatic carboxylic acids is 1. The fraction of sp³-hybridized carbons (Fsp3) is 0.571. The molecule has 5 heteroatoms. The van der Waals surface area contributed by atoms with Gasteiger partial charge in [0.15, 0.2) is 0 Å². The third-order valence-corrected chi connectivity index (χ3v) is 3.68. The van der Waals surface area contributed by atoms with Crippen molar-refractivity contribution in [3.63, 3.8) is 0 Å². The van der Waals surface area contributed by atoms with Crippen LogP contribution in [-0.2, 0) is 4.79 Å². The van der Waals surface area contributed by atoms with Gasteiger partial charge in [-0.2, -0.15) is 0 Å². The van der Waals surface area contributed by atoms with Crippen LogP contribution < -0.4 is 5.32 Å². The second-order valence-corrected chi connectivity index (χ2v) is 4.80. The molecule has 0 aromatic carbocycles. The largest absolute Gasteiger partial charge is 0.481 e. The van der Waals surface area contributed by atoms with Crippen LogP contribution in [0.3, 0.4) is 0 Å².